The van der Waals surface area contributed by atoms with Crippen LogP contribution in [0.2, 0.25) is 0 Å². The van der Waals surface area contributed by atoms with Gasteiger partial charge in [-0.25, -0.2) is 9.78 Å². The Hall–Kier alpha value is -2.66. The topological polar surface area (TPSA) is 54.0 Å². The smallest absolute Gasteiger partial charge is 0.315 e. The molecule has 1 heterocycles. The Labute approximate surface area is 170 Å². The van der Waals surface area contributed by atoms with E-state index in [1.165, 1.54) is 19.3 Å². The van der Waals surface area contributed by atoms with E-state index in [2.05, 4.69) is 52.4 Å². The van der Waals surface area contributed by atoms with Crippen molar-refractivity contribution in [3.63, 3.8) is 0 Å². The van der Waals surface area contributed by atoms with Gasteiger partial charge in [-0.3, -0.25) is 0 Å². The van der Waals surface area contributed by atoms with E-state index >= 15 is 0 Å². The van der Waals surface area contributed by atoms with Crippen LogP contribution in [0.3, 0.4) is 0 Å². The van der Waals surface area contributed by atoms with Gasteiger partial charge in [-0.15, -0.1) is 11.3 Å². The minimum atomic E-state index is -0.0663. The monoisotopic (exact) mass is 391 g/mol. The molecule has 0 saturated heterocycles. The molecule has 4 nitrogen and oxygen atoms in total. The average molecular weight is 392 g/mol. The zero-order valence-electron chi connectivity index (χ0n) is 15.9. The summed E-state index contributed by atoms with van der Waals surface area (Å²) in [5.41, 5.74) is 4.32. The van der Waals surface area contributed by atoms with Gasteiger partial charge in [0.15, 0.2) is 0 Å². The maximum atomic E-state index is 12.1. The summed E-state index contributed by atoms with van der Waals surface area (Å²) >= 11 is 1.65. The first kappa shape index (κ1) is 18.7. The second-order valence-electron chi connectivity index (χ2n) is 7.26. The molecule has 1 aliphatic carbocycles. The number of thiazole rings is 1. The fraction of sp³-hybridized carbons (Fsp3) is 0.304. The number of nitrogens with one attached hydrogen (secondary N) is 2. The molecule has 0 spiro atoms. The van der Waals surface area contributed by atoms with Crippen molar-refractivity contribution in [2.75, 3.05) is 0 Å². The second-order valence-corrected chi connectivity index (χ2v) is 8.12. The zero-order valence-corrected chi connectivity index (χ0v) is 16.7. The van der Waals surface area contributed by atoms with E-state index in [-0.39, 0.29) is 6.03 Å². The highest BCUT2D eigenvalue weighted by Crippen LogP contribution is 2.28. The van der Waals surface area contributed by atoms with Crippen LogP contribution in [-0.2, 0) is 6.54 Å². The molecule has 3 aromatic rings. The molecule has 144 valence electrons. The summed E-state index contributed by atoms with van der Waals surface area (Å²) in [6.07, 6.45) is 5.92. The Kier molecular flexibility index (Phi) is 6.02. The predicted molar refractivity (Wildman–Crippen MR) is 115 cm³/mol. The number of carbonyl (C=O) groups excluding carboxylic acids is 1. The largest absolute Gasteiger partial charge is 0.335 e. The summed E-state index contributed by atoms with van der Waals surface area (Å²) in [6.45, 7) is 0.534. The first-order valence-electron chi connectivity index (χ1n) is 9.92. The second kappa shape index (κ2) is 9.02. The molecule has 2 N–H and O–H groups in total. The van der Waals surface area contributed by atoms with E-state index in [9.17, 15) is 4.79 Å². The van der Waals surface area contributed by atoms with Crippen LogP contribution in [0.1, 0.15) is 37.7 Å². The van der Waals surface area contributed by atoms with Crippen molar-refractivity contribution >= 4 is 17.4 Å². The molecule has 1 aromatic heterocycles. The fourth-order valence-corrected chi connectivity index (χ4v) is 4.41. The molecule has 1 saturated carbocycles. The molecule has 0 unspecified atom stereocenters. The molecule has 2 aromatic carbocycles. The van der Waals surface area contributed by atoms with Crippen LogP contribution < -0.4 is 10.6 Å². The third kappa shape index (κ3) is 4.78. The molecule has 2 amide bonds. The number of rotatable bonds is 5. The van der Waals surface area contributed by atoms with Crippen molar-refractivity contribution in [3.8, 4) is 21.8 Å². The molecule has 1 aliphatic rings. The molecule has 28 heavy (non-hydrogen) atoms. The summed E-state index contributed by atoms with van der Waals surface area (Å²) in [4.78, 5) is 16.8. The number of benzene rings is 2. The van der Waals surface area contributed by atoms with Gasteiger partial charge < -0.3 is 10.6 Å². The normalized spacial score (nSPS) is 14.6. The lowest BCUT2D eigenvalue weighted by Crippen LogP contribution is -2.42. The van der Waals surface area contributed by atoms with Gasteiger partial charge in [0.1, 0.15) is 5.01 Å². The van der Waals surface area contributed by atoms with Gasteiger partial charge in [-0.2, -0.15) is 0 Å². The summed E-state index contributed by atoms with van der Waals surface area (Å²) in [5, 5.41) is 9.16. The number of aromatic nitrogens is 1. The lowest BCUT2D eigenvalue weighted by atomic mass is 9.96. The van der Waals surface area contributed by atoms with Crippen molar-refractivity contribution < 1.29 is 4.79 Å². The Morgan fingerprint density at radius 1 is 0.964 bits per heavy atom. The van der Waals surface area contributed by atoms with E-state index in [0.29, 0.717) is 12.6 Å². The molecular weight excluding hydrogens is 366 g/mol. The van der Waals surface area contributed by atoms with Crippen LogP contribution in [0, 0.1) is 0 Å². The Morgan fingerprint density at radius 3 is 2.46 bits per heavy atom. The molecule has 0 atom stereocenters. The zero-order chi connectivity index (χ0) is 19.2. The molecule has 5 heteroatoms. The standard InChI is InChI=1S/C23H25N3OS/c27-23(25-20-9-5-2-6-10-20)24-15-17-11-13-19(14-12-17)22-26-21(16-28-22)18-7-3-1-4-8-18/h1,3-4,7-8,11-14,16,20H,2,5-6,9-10,15H2,(H2,24,25,27). The van der Waals surface area contributed by atoms with Gasteiger partial charge in [0.2, 0.25) is 0 Å². The maximum absolute atomic E-state index is 12.1. The van der Waals surface area contributed by atoms with Crippen molar-refractivity contribution in [1.82, 2.24) is 15.6 Å². The molecule has 0 bridgehead atoms. The van der Waals surface area contributed by atoms with E-state index in [0.717, 1.165) is 40.2 Å². The quantitative estimate of drug-likeness (QED) is 0.594. The minimum absolute atomic E-state index is 0.0663. The fourth-order valence-electron chi connectivity index (χ4n) is 3.58. The van der Waals surface area contributed by atoms with E-state index in [1.807, 2.05) is 18.2 Å². The van der Waals surface area contributed by atoms with Gasteiger partial charge in [0.25, 0.3) is 0 Å². The van der Waals surface area contributed by atoms with Crippen LogP contribution in [0.5, 0.6) is 0 Å². The first-order valence-corrected chi connectivity index (χ1v) is 10.8. The number of nitrogens with zero attached hydrogens (tertiary/aromatic N) is 1. The van der Waals surface area contributed by atoms with E-state index in [1.54, 1.807) is 11.3 Å². The van der Waals surface area contributed by atoms with Gasteiger partial charge in [0.05, 0.1) is 5.69 Å². The lowest BCUT2D eigenvalue weighted by Gasteiger charge is -2.22. The van der Waals surface area contributed by atoms with E-state index in [4.69, 9.17) is 4.98 Å². The summed E-state index contributed by atoms with van der Waals surface area (Å²) in [7, 11) is 0. The highest BCUT2D eigenvalue weighted by atomic mass is 32.1. The van der Waals surface area contributed by atoms with Crippen molar-refractivity contribution in [1.29, 1.82) is 0 Å². The van der Waals surface area contributed by atoms with Crippen LogP contribution in [-0.4, -0.2) is 17.1 Å². The third-order valence-electron chi connectivity index (χ3n) is 5.17. The number of carbonyl (C=O) groups is 1. The Balaban J connectivity index is 1.32. The molecule has 0 radical (unpaired) electrons. The highest BCUT2D eigenvalue weighted by molar-refractivity contribution is 7.13. The van der Waals surface area contributed by atoms with Crippen molar-refractivity contribution in [2.24, 2.45) is 0 Å². The van der Waals surface area contributed by atoms with Gasteiger partial charge in [0, 0.05) is 29.1 Å². The maximum Gasteiger partial charge on any atom is 0.315 e. The number of hydrogen-bond acceptors (Lipinski definition) is 3. The van der Waals surface area contributed by atoms with E-state index < -0.39 is 0 Å². The third-order valence-corrected chi connectivity index (χ3v) is 6.06. The highest BCUT2D eigenvalue weighted by Gasteiger charge is 2.15. The summed E-state index contributed by atoms with van der Waals surface area (Å²) in [6, 6.07) is 18.7. The Bertz CT molecular complexity index is 899. The van der Waals surface area contributed by atoms with Crippen LogP contribution in [0.4, 0.5) is 4.79 Å². The molecular formula is C23H25N3OS. The number of urea groups is 1. The van der Waals surface area contributed by atoms with Crippen molar-refractivity contribution in [2.45, 2.75) is 44.7 Å². The number of amides is 2. The first-order chi connectivity index (χ1) is 13.8. The average Bonchev–Trinajstić information content (AvgIpc) is 3.24. The van der Waals surface area contributed by atoms with Crippen LogP contribution in [0.25, 0.3) is 21.8 Å². The van der Waals surface area contributed by atoms with Crippen molar-refractivity contribution in [3.05, 3.63) is 65.5 Å². The molecule has 1 fully saturated rings. The molecule has 4 rings (SSSR count). The SMILES string of the molecule is O=C(NCc1ccc(-c2nc(-c3ccccc3)cs2)cc1)NC1CCCCC1. The Morgan fingerprint density at radius 2 is 1.71 bits per heavy atom. The summed E-state index contributed by atoms with van der Waals surface area (Å²) in [5.74, 6) is 0. The molecule has 0 aliphatic heterocycles. The number of hydrogen-bond donors (Lipinski definition) is 2. The van der Waals surface area contributed by atoms with Crippen LogP contribution in [0.15, 0.2) is 60.0 Å². The van der Waals surface area contributed by atoms with Gasteiger partial charge in [-0.1, -0.05) is 73.9 Å². The van der Waals surface area contributed by atoms with Crippen LogP contribution >= 0.6 is 11.3 Å². The predicted octanol–water partition coefficient (Wildman–Crippen LogP) is 5.61. The van der Waals surface area contributed by atoms with Gasteiger partial charge >= 0.3 is 6.03 Å². The van der Waals surface area contributed by atoms with Gasteiger partial charge in [-0.05, 0) is 18.4 Å². The lowest BCUT2D eigenvalue weighted by molar-refractivity contribution is 0.232. The minimum Gasteiger partial charge on any atom is -0.335 e. The summed E-state index contributed by atoms with van der Waals surface area (Å²) < 4.78 is 0.